The van der Waals surface area contributed by atoms with Crippen molar-refractivity contribution in [2.75, 3.05) is 5.32 Å². The second-order valence-electron chi connectivity index (χ2n) is 6.35. The molecule has 0 bridgehead atoms. The van der Waals surface area contributed by atoms with Crippen molar-refractivity contribution in [2.45, 2.75) is 6.61 Å². The molecule has 0 atom stereocenters. The molecule has 10 heteroatoms. The van der Waals surface area contributed by atoms with Gasteiger partial charge in [0.05, 0.1) is 30.1 Å². The summed E-state index contributed by atoms with van der Waals surface area (Å²) < 4.78 is 32.5. The largest absolute Gasteiger partial charge is 0.435 e. The van der Waals surface area contributed by atoms with E-state index in [0.717, 1.165) is 5.69 Å². The van der Waals surface area contributed by atoms with E-state index >= 15 is 0 Å². The van der Waals surface area contributed by atoms with Gasteiger partial charge in [0.25, 0.3) is 5.91 Å². The van der Waals surface area contributed by atoms with Crippen molar-refractivity contribution < 1.29 is 18.3 Å². The Morgan fingerprint density at radius 3 is 2.77 bits per heavy atom. The average Bonchev–Trinajstić information content (AvgIpc) is 3.36. The number of aryl methyl sites for hydroxylation is 1. The van der Waals surface area contributed by atoms with Crippen LogP contribution >= 0.6 is 0 Å². The van der Waals surface area contributed by atoms with Crippen molar-refractivity contribution >= 4 is 11.6 Å². The maximum absolute atomic E-state index is 12.6. The number of amides is 1. The first-order valence-corrected chi connectivity index (χ1v) is 8.85. The number of nitrogens with zero attached hydrogens (tertiary/aromatic N) is 5. The highest BCUT2D eigenvalue weighted by atomic mass is 19.3. The molecule has 4 rings (SSSR count). The maximum Gasteiger partial charge on any atom is 0.387 e. The van der Waals surface area contributed by atoms with Crippen molar-refractivity contribution in [1.29, 1.82) is 0 Å². The lowest BCUT2D eigenvalue weighted by molar-refractivity contribution is -0.0497. The van der Waals surface area contributed by atoms with Gasteiger partial charge in [-0.2, -0.15) is 8.78 Å². The fourth-order valence-corrected chi connectivity index (χ4v) is 2.85. The zero-order valence-electron chi connectivity index (χ0n) is 15.7. The van der Waals surface area contributed by atoms with E-state index < -0.39 is 12.5 Å². The van der Waals surface area contributed by atoms with E-state index in [1.807, 2.05) is 11.6 Å². The molecule has 1 N–H and O–H groups in total. The molecule has 8 nitrogen and oxygen atoms in total. The van der Waals surface area contributed by atoms with E-state index in [0.29, 0.717) is 22.6 Å². The van der Waals surface area contributed by atoms with Gasteiger partial charge in [-0.15, -0.1) is 5.10 Å². The molecule has 152 valence electrons. The molecule has 0 saturated heterocycles. The second kappa shape index (κ2) is 8.11. The molecule has 0 fully saturated rings. The number of imidazole rings is 1. The highest BCUT2D eigenvalue weighted by Gasteiger charge is 2.12. The van der Waals surface area contributed by atoms with Crippen LogP contribution in [-0.4, -0.2) is 37.1 Å². The van der Waals surface area contributed by atoms with E-state index in [-0.39, 0.29) is 5.75 Å². The second-order valence-corrected chi connectivity index (χ2v) is 6.35. The van der Waals surface area contributed by atoms with Gasteiger partial charge < -0.3 is 14.6 Å². The Morgan fingerprint density at radius 2 is 2.00 bits per heavy atom. The minimum atomic E-state index is -2.94. The summed E-state index contributed by atoms with van der Waals surface area (Å²) in [5.41, 5.74) is 2.79. The number of carbonyl (C=O) groups is 1. The van der Waals surface area contributed by atoms with Crippen molar-refractivity contribution in [3.8, 4) is 22.8 Å². The van der Waals surface area contributed by atoms with Crippen molar-refractivity contribution in [3.05, 3.63) is 72.8 Å². The SMILES string of the molecule is Cn1cncc1-c1cn(-c2cccc(C(=O)Nc3cccc(OC(F)F)c3)c2)nn1. The van der Waals surface area contributed by atoms with Gasteiger partial charge >= 0.3 is 6.61 Å². The first-order valence-electron chi connectivity index (χ1n) is 8.85. The van der Waals surface area contributed by atoms with Crippen LogP contribution in [0.2, 0.25) is 0 Å². The highest BCUT2D eigenvalue weighted by Crippen LogP contribution is 2.21. The van der Waals surface area contributed by atoms with Gasteiger partial charge in [0.15, 0.2) is 0 Å². The molecule has 2 aromatic carbocycles. The minimum absolute atomic E-state index is 0.0399. The molecule has 1 amide bonds. The Morgan fingerprint density at radius 1 is 1.17 bits per heavy atom. The van der Waals surface area contributed by atoms with Crippen molar-refractivity contribution in [2.24, 2.45) is 7.05 Å². The normalized spacial score (nSPS) is 10.9. The first kappa shape index (κ1) is 19.2. The molecule has 2 aromatic heterocycles. The fourth-order valence-electron chi connectivity index (χ4n) is 2.85. The van der Waals surface area contributed by atoms with Crippen LogP contribution in [0.4, 0.5) is 14.5 Å². The van der Waals surface area contributed by atoms with Gasteiger partial charge in [0.1, 0.15) is 11.4 Å². The summed E-state index contributed by atoms with van der Waals surface area (Å²) in [5.74, 6) is -0.445. The fraction of sp³-hybridized carbons (Fsp3) is 0.100. The zero-order valence-corrected chi connectivity index (χ0v) is 15.7. The third-order valence-corrected chi connectivity index (χ3v) is 4.26. The molecule has 30 heavy (non-hydrogen) atoms. The number of benzene rings is 2. The van der Waals surface area contributed by atoms with Crippen LogP contribution < -0.4 is 10.1 Å². The predicted octanol–water partition coefficient (Wildman–Crippen LogP) is 3.52. The number of anilines is 1. The monoisotopic (exact) mass is 410 g/mol. The number of aromatic nitrogens is 5. The lowest BCUT2D eigenvalue weighted by atomic mass is 10.2. The topological polar surface area (TPSA) is 86.9 Å². The van der Waals surface area contributed by atoms with Gasteiger partial charge in [0, 0.05) is 24.4 Å². The summed E-state index contributed by atoms with van der Waals surface area (Å²) in [6.45, 7) is -2.94. The van der Waals surface area contributed by atoms with Crippen LogP contribution in [0.15, 0.2) is 67.3 Å². The van der Waals surface area contributed by atoms with Gasteiger partial charge in [-0.25, -0.2) is 9.67 Å². The number of hydrogen-bond donors (Lipinski definition) is 1. The molecule has 0 radical (unpaired) electrons. The number of halogens is 2. The molecular weight excluding hydrogens is 394 g/mol. The number of carbonyl (C=O) groups excluding carboxylic acids is 1. The summed E-state index contributed by atoms with van der Waals surface area (Å²) in [7, 11) is 1.85. The Balaban J connectivity index is 1.53. The van der Waals surface area contributed by atoms with Gasteiger partial charge in [-0.1, -0.05) is 17.3 Å². The molecule has 0 aliphatic rings. The zero-order chi connectivity index (χ0) is 21.1. The van der Waals surface area contributed by atoms with Crippen LogP contribution in [0.3, 0.4) is 0 Å². The summed E-state index contributed by atoms with van der Waals surface area (Å²) in [6, 6.07) is 12.6. The number of hydrogen-bond acceptors (Lipinski definition) is 5. The van der Waals surface area contributed by atoms with Crippen LogP contribution in [0.5, 0.6) is 5.75 Å². The number of alkyl halides is 2. The van der Waals surface area contributed by atoms with E-state index in [1.165, 1.54) is 18.2 Å². The van der Waals surface area contributed by atoms with Gasteiger partial charge in [0.2, 0.25) is 0 Å². The number of nitrogens with one attached hydrogen (secondary N) is 1. The Hall–Kier alpha value is -4.08. The van der Waals surface area contributed by atoms with Crippen molar-refractivity contribution in [3.63, 3.8) is 0 Å². The Labute approximate surface area is 169 Å². The molecule has 0 spiro atoms. The third-order valence-electron chi connectivity index (χ3n) is 4.26. The van der Waals surface area contributed by atoms with E-state index in [1.54, 1.807) is 53.7 Å². The minimum Gasteiger partial charge on any atom is -0.435 e. The molecule has 0 aliphatic carbocycles. The summed E-state index contributed by atoms with van der Waals surface area (Å²) >= 11 is 0. The quantitative estimate of drug-likeness (QED) is 0.526. The molecule has 0 unspecified atom stereocenters. The maximum atomic E-state index is 12.6. The van der Waals surface area contributed by atoms with E-state index in [4.69, 9.17) is 0 Å². The van der Waals surface area contributed by atoms with Crippen LogP contribution in [0.1, 0.15) is 10.4 Å². The Bertz CT molecular complexity index is 1190. The molecule has 4 aromatic rings. The number of ether oxygens (including phenoxy) is 1. The summed E-state index contributed by atoms with van der Waals surface area (Å²) in [4.78, 5) is 16.7. The molecule has 0 saturated carbocycles. The lowest BCUT2D eigenvalue weighted by Gasteiger charge is -2.09. The van der Waals surface area contributed by atoms with E-state index in [2.05, 4.69) is 25.3 Å². The lowest BCUT2D eigenvalue weighted by Crippen LogP contribution is -2.12. The summed E-state index contributed by atoms with van der Waals surface area (Å²) in [5, 5.41) is 10.9. The molecular formula is C20H16F2N6O2. The Kier molecular flexibility index (Phi) is 5.21. The van der Waals surface area contributed by atoms with E-state index in [9.17, 15) is 13.6 Å². The highest BCUT2D eigenvalue weighted by molar-refractivity contribution is 6.04. The molecule has 0 aliphatic heterocycles. The predicted molar refractivity (Wildman–Crippen MR) is 105 cm³/mol. The smallest absolute Gasteiger partial charge is 0.387 e. The van der Waals surface area contributed by atoms with Crippen LogP contribution in [-0.2, 0) is 7.05 Å². The van der Waals surface area contributed by atoms with Gasteiger partial charge in [-0.05, 0) is 30.3 Å². The first-order chi connectivity index (χ1) is 14.5. The van der Waals surface area contributed by atoms with Crippen LogP contribution in [0.25, 0.3) is 17.1 Å². The standard InChI is InChI=1S/C20H16F2N6O2/c1-27-12-23-10-18(27)17-11-28(26-25-17)15-6-2-4-13(8-15)19(29)24-14-5-3-7-16(9-14)30-20(21)22/h2-12,20H,1H3,(H,24,29). The average molecular weight is 410 g/mol. The van der Waals surface area contributed by atoms with Crippen LogP contribution in [0, 0.1) is 0 Å². The third kappa shape index (κ3) is 4.17. The van der Waals surface area contributed by atoms with Crippen molar-refractivity contribution in [1.82, 2.24) is 24.5 Å². The summed E-state index contributed by atoms with van der Waals surface area (Å²) in [6.07, 6.45) is 5.09. The molecule has 2 heterocycles. The van der Waals surface area contributed by atoms with Gasteiger partial charge in [-0.3, -0.25) is 4.79 Å². The number of rotatable bonds is 6.